The molecule has 0 radical (unpaired) electrons. The molecular weight excluding hydrogens is 182 g/mol. The topological polar surface area (TPSA) is 12.0 Å². The number of nitrogens with one attached hydrogen (secondary N) is 1. The quantitative estimate of drug-likeness (QED) is 0.682. The zero-order valence-electron chi connectivity index (χ0n) is 8.96. The van der Waals surface area contributed by atoms with Gasteiger partial charge in [-0.25, -0.2) is 0 Å². The first-order chi connectivity index (χ1) is 7.34. The third kappa shape index (κ3) is 1.39. The molecule has 3 rings (SSSR count). The van der Waals surface area contributed by atoms with Crippen molar-refractivity contribution in [3.05, 3.63) is 42.0 Å². The number of fused-ring (bicyclic) bond motifs is 3. The van der Waals surface area contributed by atoms with E-state index in [1.807, 2.05) is 0 Å². The molecule has 1 unspecified atom stereocenters. The predicted octanol–water partition coefficient (Wildman–Crippen LogP) is 3.44. The van der Waals surface area contributed by atoms with E-state index in [1.54, 1.807) is 0 Å². The van der Waals surface area contributed by atoms with Gasteiger partial charge in [-0.1, -0.05) is 37.3 Å². The molecule has 0 aromatic heterocycles. The van der Waals surface area contributed by atoms with E-state index in [9.17, 15) is 0 Å². The fourth-order valence-electron chi connectivity index (χ4n) is 2.43. The second kappa shape index (κ2) is 3.27. The smallest absolute Gasteiger partial charge is 0.0379 e. The summed E-state index contributed by atoms with van der Waals surface area (Å²) in [5.74, 6) is 0.739. The SMILES string of the molecule is CC1CNc2ccc3ccccc3c2C1. The van der Waals surface area contributed by atoms with Gasteiger partial charge in [0.25, 0.3) is 0 Å². The van der Waals surface area contributed by atoms with Crippen LogP contribution in [0.1, 0.15) is 12.5 Å². The lowest BCUT2D eigenvalue weighted by molar-refractivity contribution is 0.597. The fourth-order valence-corrected chi connectivity index (χ4v) is 2.43. The van der Waals surface area contributed by atoms with E-state index in [2.05, 4.69) is 48.6 Å². The van der Waals surface area contributed by atoms with Crippen molar-refractivity contribution >= 4 is 16.5 Å². The van der Waals surface area contributed by atoms with E-state index >= 15 is 0 Å². The number of benzene rings is 2. The molecule has 76 valence electrons. The van der Waals surface area contributed by atoms with Crippen LogP contribution >= 0.6 is 0 Å². The third-order valence-electron chi connectivity index (χ3n) is 3.23. The van der Waals surface area contributed by atoms with Crippen LogP contribution in [0.15, 0.2) is 36.4 Å². The number of rotatable bonds is 0. The Morgan fingerprint density at radius 3 is 2.93 bits per heavy atom. The summed E-state index contributed by atoms with van der Waals surface area (Å²) in [6.45, 7) is 3.41. The fraction of sp³-hybridized carbons (Fsp3) is 0.286. The molecule has 0 saturated carbocycles. The van der Waals surface area contributed by atoms with Crippen LogP contribution < -0.4 is 5.32 Å². The molecule has 1 nitrogen and oxygen atoms in total. The van der Waals surface area contributed by atoms with E-state index in [0.717, 1.165) is 12.5 Å². The molecule has 1 N–H and O–H groups in total. The highest BCUT2D eigenvalue weighted by molar-refractivity contribution is 5.90. The van der Waals surface area contributed by atoms with E-state index in [4.69, 9.17) is 0 Å². The highest BCUT2D eigenvalue weighted by Gasteiger charge is 2.16. The molecule has 1 aliphatic heterocycles. The zero-order valence-corrected chi connectivity index (χ0v) is 8.96. The lowest BCUT2D eigenvalue weighted by Gasteiger charge is -2.24. The second-order valence-corrected chi connectivity index (χ2v) is 4.50. The summed E-state index contributed by atoms with van der Waals surface area (Å²) in [5, 5.41) is 6.27. The van der Waals surface area contributed by atoms with Crippen molar-refractivity contribution in [3.63, 3.8) is 0 Å². The van der Waals surface area contributed by atoms with Gasteiger partial charge in [0.1, 0.15) is 0 Å². The molecule has 2 aromatic rings. The Kier molecular flexibility index (Phi) is 1.91. The highest BCUT2D eigenvalue weighted by atomic mass is 14.9. The zero-order chi connectivity index (χ0) is 10.3. The maximum atomic E-state index is 3.50. The van der Waals surface area contributed by atoms with Gasteiger partial charge in [0, 0.05) is 12.2 Å². The normalized spacial score (nSPS) is 19.7. The molecule has 0 saturated heterocycles. The third-order valence-corrected chi connectivity index (χ3v) is 3.23. The molecule has 0 spiro atoms. The standard InChI is InChI=1S/C14H15N/c1-10-8-13-12-5-3-2-4-11(12)6-7-14(13)15-9-10/h2-7,10,15H,8-9H2,1H3. The van der Waals surface area contributed by atoms with Gasteiger partial charge in [-0.05, 0) is 34.7 Å². The summed E-state index contributed by atoms with van der Waals surface area (Å²) >= 11 is 0. The van der Waals surface area contributed by atoms with E-state index in [-0.39, 0.29) is 0 Å². The minimum Gasteiger partial charge on any atom is -0.385 e. The summed E-state index contributed by atoms with van der Waals surface area (Å²) < 4.78 is 0. The monoisotopic (exact) mass is 197 g/mol. The van der Waals surface area contributed by atoms with Gasteiger partial charge in [0.2, 0.25) is 0 Å². The summed E-state index contributed by atoms with van der Waals surface area (Å²) in [5.41, 5.74) is 2.82. The summed E-state index contributed by atoms with van der Waals surface area (Å²) in [4.78, 5) is 0. The molecule has 0 bridgehead atoms. The van der Waals surface area contributed by atoms with Gasteiger partial charge in [0.15, 0.2) is 0 Å². The maximum Gasteiger partial charge on any atom is 0.0379 e. The van der Waals surface area contributed by atoms with Crippen molar-refractivity contribution in [1.82, 2.24) is 0 Å². The van der Waals surface area contributed by atoms with Gasteiger partial charge in [-0.2, -0.15) is 0 Å². The number of anilines is 1. The lowest BCUT2D eigenvalue weighted by atomic mass is 9.91. The second-order valence-electron chi connectivity index (χ2n) is 4.50. The average molecular weight is 197 g/mol. The molecule has 1 aliphatic rings. The van der Waals surface area contributed by atoms with Crippen LogP contribution in [0.2, 0.25) is 0 Å². The molecule has 15 heavy (non-hydrogen) atoms. The van der Waals surface area contributed by atoms with Crippen molar-refractivity contribution in [1.29, 1.82) is 0 Å². The first-order valence-corrected chi connectivity index (χ1v) is 5.59. The maximum absolute atomic E-state index is 3.50. The van der Waals surface area contributed by atoms with Crippen LogP contribution in [0, 0.1) is 5.92 Å². The van der Waals surface area contributed by atoms with Crippen LogP contribution in [0.3, 0.4) is 0 Å². The molecule has 1 atom stereocenters. The van der Waals surface area contributed by atoms with E-state index in [0.29, 0.717) is 0 Å². The molecule has 0 amide bonds. The summed E-state index contributed by atoms with van der Waals surface area (Å²) in [7, 11) is 0. The highest BCUT2D eigenvalue weighted by Crippen LogP contribution is 2.31. The first kappa shape index (κ1) is 8.78. The van der Waals surface area contributed by atoms with Crippen LogP contribution in [-0.2, 0) is 6.42 Å². The Hall–Kier alpha value is -1.50. The Morgan fingerprint density at radius 2 is 2.00 bits per heavy atom. The average Bonchev–Trinajstić information content (AvgIpc) is 2.29. The minimum absolute atomic E-state index is 0.739. The van der Waals surface area contributed by atoms with Crippen molar-refractivity contribution in [2.75, 3.05) is 11.9 Å². The van der Waals surface area contributed by atoms with Crippen molar-refractivity contribution in [3.8, 4) is 0 Å². The lowest BCUT2D eigenvalue weighted by Crippen LogP contribution is -2.20. The van der Waals surface area contributed by atoms with Crippen LogP contribution in [0.25, 0.3) is 10.8 Å². The van der Waals surface area contributed by atoms with Crippen LogP contribution in [0.5, 0.6) is 0 Å². The molecule has 0 fully saturated rings. The Morgan fingerprint density at radius 1 is 1.13 bits per heavy atom. The van der Waals surface area contributed by atoms with Crippen LogP contribution in [-0.4, -0.2) is 6.54 Å². The van der Waals surface area contributed by atoms with Crippen molar-refractivity contribution in [2.24, 2.45) is 5.92 Å². The predicted molar refractivity (Wildman–Crippen MR) is 65.3 cm³/mol. The van der Waals surface area contributed by atoms with Crippen LogP contribution in [0.4, 0.5) is 5.69 Å². The first-order valence-electron chi connectivity index (χ1n) is 5.59. The van der Waals surface area contributed by atoms with Crippen molar-refractivity contribution < 1.29 is 0 Å². The number of hydrogen-bond donors (Lipinski definition) is 1. The Balaban J connectivity index is 2.28. The molecule has 1 heterocycles. The largest absolute Gasteiger partial charge is 0.385 e. The van der Waals surface area contributed by atoms with Gasteiger partial charge in [0.05, 0.1) is 0 Å². The number of hydrogen-bond acceptors (Lipinski definition) is 1. The minimum atomic E-state index is 0.739. The Bertz CT molecular complexity index is 502. The molecule has 1 heteroatoms. The summed E-state index contributed by atoms with van der Waals surface area (Å²) in [6, 6.07) is 13.1. The van der Waals surface area contributed by atoms with E-state index in [1.165, 1.54) is 28.4 Å². The Labute approximate surface area is 90.1 Å². The summed E-state index contributed by atoms with van der Waals surface area (Å²) in [6.07, 6.45) is 1.20. The van der Waals surface area contributed by atoms with Gasteiger partial charge in [-0.15, -0.1) is 0 Å². The van der Waals surface area contributed by atoms with Gasteiger partial charge < -0.3 is 5.32 Å². The van der Waals surface area contributed by atoms with Gasteiger partial charge >= 0.3 is 0 Å². The molecule has 0 aliphatic carbocycles. The van der Waals surface area contributed by atoms with E-state index < -0.39 is 0 Å². The molecule has 2 aromatic carbocycles. The molecular formula is C14H15N. The van der Waals surface area contributed by atoms with Crippen molar-refractivity contribution in [2.45, 2.75) is 13.3 Å². The van der Waals surface area contributed by atoms with Gasteiger partial charge in [-0.3, -0.25) is 0 Å².